The Balaban J connectivity index is 2.85. The molecule has 1 unspecified atom stereocenters. The summed E-state index contributed by atoms with van der Waals surface area (Å²) in [6.45, 7) is 1.31. The fourth-order valence-electron chi connectivity index (χ4n) is 1.52. The van der Waals surface area contributed by atoms with Gasteiger partial charge in [-0.15, -0.1) is 0 Å². The standard InChI is InChI=1S/C12H13NO5/c1-8(14)11(12(15)18-2)7-9-3-5-10(6-4-9)13(16)17/h3-6,11H,7H2,1-2H3. The molecule has 18 heavy (non-hydrogen) atoms. The fourth-order valence-corrected chi connectivity index (χ4v) is 1.52. The Morgan fingerprint density at radius 3 is 2.28 bits per heavy atom. The summed E-state index contributed by atoms with van der Waals surface area (Å²) in [5.41, 5.74) is 0.641. The lowest BCUT2D eigenvalue weighted by Gasteiger charge is -2.10. The van der Waals surface area contributed by atoms with Gasteiger partial charge in [-0.25, -0.2) is 0 Å². The second-order valence-electron chi connectivity index (χ2n) is 3.81. The zero-order valence-corrected chi connectivity index (χ0v) is 10.1. The maximum Gasteiger partial charge on any atom is 0.316 e. The minimum Gasteiger partial charge on any atom is -0.468 e. The number of hydrogen-bond donors (Lipinski definition) is 0. The van der Waals surface area contributed by atoms with Crippen LogP contribution >= 0.6 is 0 Å². The summed E-state index contributed by atoms with van der Waals surface area (Å²) in [5.74, 6) is -1.75. The van der Waals surface area contributed by atoms with Crippen molar-refractivity contribution in [2.45, 2.75) is 13.3 Å². The molecule has 0 amide bonds. The molecule has 1 aromatic carbocycles. The number of rotatable bonds is 5. The highest BCUT2D eigenvalue weighted by Gasteiger charge is 2.24. The van der Waals surface area contributed by atoms with E-state index in [0.717, 1.165) is 0 Å². The highest BCUT2D eigenvalue weighted by atomic mass is 16.6. The lowest BCUT2D eigenvalue weighted by molar-refractivity contribution is -0.384. The Bertz CT molecular complexity index is 466. The van der Waals surface area contributed by atoms with Gasteiger partial charge in [0.25, 0.3) is 5.69 Å². The fraction of sp³-hybridized carbons (Fsp3) is 0.333. The third-order valence-electron chi connectivity index (χ3n) is 2.56. The van der Waals surface area contributed by atoms with Gasteiger partial charge in [0.2, 0.25) is 0 Å². The van der Waals surface area contributed by atoms with E-state index >= 15 is 0 Å². The Labute approximate surface area is 104 Å². The Hall–Kier alpha value is -2.24. The van der Waals surface area contributed by atoms with Gasteiger partial charge >= 0.3 is 5.97 Å². The van der Waals surface area contributed by atoms with Crippen molar-refractivity contribution in [3.8, 4) is 0 Å². The first-order valence-electron chi connectivity index (χ1n) is 5.27. The smallest absolute Gasteiger partial charge is 0.316 e. The molecular weight excluding hydrogens is 238 g/mol. The van der Waals surface area contributed by atoms with Crippen molar-refractivity contribution in [3.63, 3.8) is 0 Å². The van der Waals surface area contributed by atoms with Crippen molar-refractivity contribution < 1.29 is 19.2 Å². The van der Waals surface area contributed by atoms with Gasteiger partial charge in [0.05, 0.1) is 12.0 Å². The van der Waals surface area contributed by atoms with Crippen LogP contribution in [0.4, 0.5) is 5.69 Å². The number of nitro benzene ring substituents is 1. The molecule has 6 heteroatoms. The number of carbonyl (C=O) groups is 2. The summed E-state index contributed by atoms with van der Waals surface area (Å²) in [5, 5.41) is 10.5. The molecule has 0 aliphatic carbocycles. The molecule has 1 rings (SSSR count). The SMILES string of the molecule is COC(=O)C(Cc1ccc([N+](=O)[O-])cc1)C(C)=O. The number of ketones is 1. The van der Waals surface area contributed by atoms with Crippen molar-refractivity contribution in [2.75, 3.05) is 7.11 Å². The van der Waals surface area contributed by atoms with E-state index in [0.29, 0.717) is 5.56 Å². The normalized spacial score (nSPS) is 11.7. The van der Waals surface area contributed by atoms with Gasteiger partial charge in [-0.05, 0) is 18.9 Å². The van der Waals surface area contributed by atoms with Crippen LogP contribution in [0.25, 0.3) is 0 Å². The summed E-state index contributed by atoms with van der Waals surface area (Å²) >= 11 is 0. The average Bonchev–Trinajstić information content (AvgIpc) is 2.35. The van der Waals surface area contributed by atoms with E-state index in [1.165, 1.54) is 38.3 Å². The minimum absolute atomic E-state index is 0.0313. The van der Waals surface area contributed by atoms with Crippen molar-refractivity contribution in [3.05, 3.63) is 39.9 Å². The monoisotopic (exact) mass is 251 g/mol. The van der Waals surface area contributed by atoms with E-state index in [1.54, 1.807) is 0 Å². The molecule has 0 radical (unpaired) electrons. The molecule has 0 aliphatic heterocycles. The second-order valence-corrected chi connectivity index (χ2v) is 3.81. The van der Waals surface area contributed by atoms with Gasteiger partial charge in [0.15, 0.2) is 0 Å². The molecule has 0 aromatic heterocycles. The van der Waals surface area contributed by atoms with Crippen molar-refractivity contribution >= 4 is 17.4 Å². The van der Waals surface area contributed by atoms with E-state index in [4.69, 9.17) is 0 Å². The molecule has 6 nitrogen and oxygen atoms in total. The Morgan fingerprint density at radius 1 is 1.33 bits per heavy atom. The molecule has 0 saturated carbocycles. The molecule has 0 aliphatic rings. The summed E-state index contributed by atoms with van der Waals surface area (Å²) < 4.78 is 4.54. The third-order valence-corrected chi connectivity index (χ3v) is 2.56. The number of carbonyl (C=O) groups excluding carboxylic acids is 2. The molecular formula is C12H13NO5. The lowest BCUT2D eigenvalue weighted by Crippen LogP contribution is -2.25. The quantitative estimate of drug-likeness (QED) is 0.342. The Morgan fingerprint density at radius 2 is 1.89 bits per heavy atom. The summed E-state index contributed by atoms with van der Waals surface area (Å²) in [7, 11) is 1.22. The van der Waals surface area contributed by atoms with Crippen LogP contribution in [0.1, 0.15) is 12.5 Å². The van der Waals surface area contributed by atoms with Crippen LogP contribution in [0.3, 0.4) is 0 Å². The lowest BCUT2D eigenvalue weighted by atomic mass is 9.96. The highest BCUT2D eigenvalue weighted by Crippen LogP contribution is 2.16. The highest BCUT2D eigenvalue weighted by molar-refractivity contribution is 5.97. The number of nitrogens with zero attached hydrogens (tertiary/aromatic N) is 1. The number of esters is 1. The summed E-state index contributed by atoms with van der Waals surface area (Å²) in [4.78, 5) is 32.7. The van der Waals surface area contributed by atoms with Crippen molar-refractivity contribution in [1.82, 2.24) is 0 Å². The zero-order chi connectivity index (χ0) is 13.7. The van der Waals surface area contributed by atoms with Gasteiger partial charge < -0.3 is 4.74 Å². The van der Waals surface area contributed by atoms with Gasteiger partial charge in [0, 0.05) is 12.1 Å². The molecule has 1 atom stereocenters. The van der Waals surface area contributed by atoms with E-state index in [2.05, 4.69) is 4.74 Å². The van der Waals surface area contributed by atoms with Crippen LogP contribution in [0.5, 0.6) is 0 Å². The maximum atomic E-state index is 11.4. The van der Waals surface area contributed by atoms with Crippen molar-refractivity contribution in [2.24, 2.45) is 5.92 Å². The van der Waals surface area contributed by atoms with Crippen LogP contribution in [-0.4, -0.2) is 23.8 Å². The van der Waals surface area contributed by atoms with E-state index < -0.39 is 16.8 Å². The average molecular weight is 251 g/mol. The molecule has 0 bridgehead atoms. The zero-order valence-electron chi connectivity index (χ0n) is 10.1. The van der Waals surface area contributed by atoms with Gasteiger partial charge in [-0.1, -0.05) is 12.1 Å². The van der Waals surface area contributed by atoms with Gasteiger partial charge in [-0.2, -0.15) is 0 Å². The van der Waals surface area contributed by atoms with Gasteiger partial charge in [-0.3, -0.25) is 19.7 Å². The molecule has 1 aromatic rings. The third kappa shape index (κ3) is 3.38. The second kappa shape index (κ2) is 5.90. The van der Waals surface area contributed by atoms with Crippen LogP contribution in [0.2, 0.25) is 0 Å². The molecule has 0 N–H and O–H groups in total. The number of non-ortho nitro benzene ring substituents is 1. The van der Waals surface area contributed by atoms with Crippen LogP contribution in [0, 0.1) is 16.0 Å². The Kier molecular flexibility index (Phi) is 4.53. The predicted molar refractivity (Wildman–Crippen MR) is 63.0 cm³/mol. The minimum atomic E-state index is -0.864. The number of methoxy groups -OCH3 is 1. The van der Waals surface area contributed by atoms with Crippen LogP contribution in [-0.2, 0) is 20.7 Å². The van der Waals surface area contributed by atoms with E-state index in [1.807, 2.05) is 0 Å². The first kappa shape index (κ1) is 13.8. The molecule has 96 valence electrons. The van der Waals surface area contributed by atoms with Crippen LogP contribution in [0.15, 0.2) is 24.3 Å². The molecule has 0 fully saturated rings. The van der Waals surface area contributed by atoms with Crippen molar-refractivity contribution in [1.29, 1.82) is 0 Å². The number of ether oxygens (including phenoxy) is 1. The first-order chi connectivity index (χ1) is 8.45. The summed E-state index contributed by atoms with van der Waals surface area (Å²) in [6, 6.07) is 5.72. The largest absolute Gasteiger partial charge is 0.468 e. The summed E-state index contributed by atoms with van der Waals surface area (Å²) in [6.07, 6.45) is 0.181. The molecule has 0 saturated heterocycles. The predicted octanol–water partition coefficient (Wildman–Crippen LogP) is 1.52. The molecule has 0 heterocycles. The topological polar surface area (TPSA) is 86.5 Å². The number of benzene rings is 1. The van der Waals surface area contributed by atoms with Crippen LogP contribution < -0.4 is 0 Å². The first-order valence-corrected chi connectivity index (χ1v) is 5.27. The number of hydrogen-bond acceptors (Lipinski definition) is 5. The maximum absolute atomic E-state index is 11.4. The van der Waals surface area contributed by atoms with Gasteiger partial charge in [0.1, 0.15) is 11.7 Å². The number of nitro groups is 1. The van der Waals surface area contributed by atoms with E-state index in [-0.39, 0.29) is 17.9 Å². The number of Topliss-reactive ketones (excluding diaryl/α,β-unsaturated/α-hetero) is 1. The molecule has 0 spiro atoms. The van der Waals surface area contributed by atoms with E-state index in [9.17, 15) is 19.7 Å².